The maximum atomic E-state index is 12.1. The van der Waals surface area contributed by atoms with Crippen LogP contribution in [0.5, 0.6) is 0 Å². The summed E-state index contributed by atoms with van der Waals surface area (Å²) in [5.41, 5.74) is 0. The maximum absolute atomic E-state index is 12.1. The molecule has 2 N–H and O–H groups in total. The Morgan fingerprint density at radius 1 is 1.68 bits per heavy atom. The van der Waals surface area contributed by atoms with E-state index in [1.54, 1.807) is 17.0 Å². The van der Waals surface area contributed by atoms with E-state index in [2.05, 4.69) is 5.32 Å². The zero-order valence-corrected chi connectivity index (χ0v) is 10.8. The Morgan fingerprint density at radius 2 is 2.47 bits per heavy atom. The Balaban J connectivity index is 1.96. The van der Waals surface area contributed by atoms with Crippen LogP contribution in [0.15, 0.2) is 22.8 Å². The molecule has 0 spiro atoms. The van der Waals surface area contributed by atoms with E-state index in [1.165, 1.54) is 6.26 Å². The normalized spacial score (nSPS) is 20.6. The number of aliphatic hydroxyl groups excluding tert-OH is 1. The minimum absolute atomic E-state index is 0.00111. The number of likely N-dealkylation sites (tertiary alicyclic amines) is 1. The van der Waals surface area contributed by atoms with Gasteiger partial charge in [0.1, 0.15) is 11.8 Å². The van der Waals surface area contributed by atoms with Crippen LogP contribution < -0.4 is 5.32 Å². The van der Waals surface area contributed by atoms with Gasteiger partial charge in [0.05, 0.1) is 18.8 Å². The van der Waals surface area contributed by atoms with E-state index in [0.717, 1.165) is 0 Å². The fourth-order valence-corrected chi connectivity index (χ4v) is 2.24. The molecular formula is C13H18N2O4. The largest absolute Gasteiger partial charge is 0.467 e. The summed E-state index contributed by atoms with van der Waals surface area (Å²) < 4.78 is 5.16. The van der Waals surface area contributed by atoms with E-state index in [0.29, 0.717) is 18.8 Å². The molecule has 2 rings (SSSR count). The highest BCUT2D eigenvalue weighted by Crippen LogP contribution is 2.20. The van der Waals surface area contributed by atoms with Crippen molar-refractivity contribution in [1.82, 2.24) is 10.2 Å². The molecule has 6 heteroatoms. The third-order valence-corrected chi connectivity index (χ3v) is 3.35. The molecule has 104 valence electrons. The third-order valence-electron chi connectivity index (χ3n) is 3.35. The zero-order chi connectivity index (χ0) is 13.8. The van der Waals surface area contributed by atoms with Gasteiger partial charge in [0.15, 0.2) is 0 Å². The van der Waals surface area contributed by atoms with Gasteiger partial charge in [-0.15, -0.1) is 0 Å². The van der Waals surface area contributed by atoms with Gasteiger partial charge in [-0.25, -0.2) is 0 Å². The van der Waals surface area contributed by atoms with E-state index in [1.807, 2.05) is 6.92 Å². The SMILES string of the molecule is CCN1CC(C(=O)NC(CO)c2ccco2)CC1=O. The number of hydrogen-bond acceptors (Lipinski definition) is 4. The van der Waals surface area contributed by atoms with Gasteiger partial charge in [-0.1, -0.05) is 0 Å². The molecule has 2 unspecified atom stereocenters. The number of furan rings is 1. The molecule has 1 fully saturated rings. The summed E-state index contributed by atoms with van der Waals surface area (Å²) in [5, 5.41) is 12.0. The Labute approximate surface area is 111 Å². The van der Waals surface area contributed by atoms with Crippen LogP contribution in [0.4, 0.5) is 0 Å². The number of hydrogen-bond donors (Lipinski definition) is 2. The first-order valence-corrected chi connectivity index (χ1v) is 6.38. The first-order valence-electron chi connectivity index (χ1n) is 6.38. The standard InChI is InChI=1S/C13H18N2O4/c1-2-15-7-9(6-12(15)17)13(18)14-10(8-16)11-4-3-5-19-11/h3-5,9-10,16H,2,6-8H2,1H3,(H,14,18). The second-order valence-electron chi connectivity index (χ2n) is 4.59. The smallest absolute Gasteiger partial charge is 0.226 e. The van der Waals surface area contributed by atoms with Gasteiger partial charge in [-0.05, 0) is 19.1 Å². The number of nitrogens with zero attached hydrogens (tertiary/aromatic N) is 1. The van der Waals surface area contributed by atoms with Crippen molar-refractivity contribution in [3.05, 3.63) is 24.2 Å². The number of amides is 2. The lowest BCUT2D eigenvalue weighted by atomic mass is 10.1. The molecule has 1 aromatic heterocycles. The van der Waals surface area contributed by atoms with Gasteiger partial charge >= 0.3 is 0 Å². The van der Waals surface area contributed by atoms with Crippen molar-refractivity contribution in [3.8, 4) is 0 Å². The number of nitrogens with one attached hydrogen (secondary N) is 1. The maximum Gasteiger partial charge on any atom is 0.226 e. The van der Waals surface area contributed by atoms with Crippen LogP contribution in [-0.2, 0) is 9.59 Å². The van der Waals surface area contributed by atoms with Crippen molar-refractivity contribution in [2.45, 2.75) is 19.4 Å². The van der Waals surface area contributed by atoms with Crippen LogP contribution in [0.25, 0.3) is 0 Å². The number of aliphatic hydroxyl groups is 1. The molecule has 0 radical (unpaired) electrons. The first kappa shape index (κ1) is 13.6. The molecule has 1 saturated heterocycles. The molecule has 1 aromatic rings. The van der Waals surface area contributed by atoms with E-state index >= 15 is 0 Å². The summed E-state index contributed by atoms with van der Waals surface area (Å²) in [6.07, 6.45) is 1.72. The molecule has 2 amide bonds. The monoisotopic (exact) mass is 266 g/mol. The quantitative estimate of drug-likeness (QED) is 0.803. The average Bonchev–Trinajstić information content (AvgIpc) is 3.04. The Bertz CT molecular complexity index is 444. The lowest BCUT2D eigenvalue weighted by Gasteiger charge is -2.17. The molecule has 2 atom stereocenters. The van der Waals surface area contributed by atoms with Crippen molar-refractivity contribution in [3.63, 3.8) is 0 Å². The van der Waals surface area contributed by atoms with Crippen molar-refractivity contribution in [2.75, 3.05) is 19.7 Å². The lowest BCUT2D eigenvalue weighted by Crippen LogP contribution is -2.36. The van der Waals surface area contributed by atoms with Crippen molar-refractivity contribution < 1.29 is 19.1 Å². The number of carbonyl (C=O) groups is 2. The molecule has 0 aliphatic carbocycles. The van der Waals surface area contributed by atoms with Crippen molar-refractivity contribution in [1.29, 1.82) is 0 Å². The predicted octanol–water partition coefficient (Wildman–Crippen LogP) is 0.298. The van der Waals surface area contributed by atoms with Crippen LogP contribution >= 0.6 is 0 Å². The predicted molar refractivity (Wildman–Crippen MR) is 67.0 cm³/mol. The van der Waals surface area contributed by atoms with Gasteiger partial charge in [0.2, 0.25) is 11.8 Å². The minimum atomic E-state index is -0.562. The molecule has 19 heavy (non-hydrogen) atoms. The number of rotatable bonds is 5. The molecule has 0 aromatic carbocycles. The van der Waals surface area contributed by atoms with Crippen LogP contribution in [0.1, 0.15) is 25.1 Å². The van der Waals surface area contributed by atoms with E-state index in [-0.39, 0.29) is 30.8 Å². The highest BCUT2D eigenvalue weighted by atomic mass is 16.3. The van der Waals surface area contributed by atoms with Gasteiger partial charge in [0, 0.05) is 19.5 Å². The van der Waals surface area contributed by atoms with Crippen LogP contribution in [-0.4, -0.2) is 41.5 Å². The summed E-state index contributed by atoms with van der Waals surface area (Å²) in [5.74, 6) is -0.0649. The topological polar surface area (TPSA) is 82.8 Å². The van der Waals surface area contributed by atoms with Gasteiger partial charge in [-0.3, -0.25) is 9.59 Å². The molecular weight excluding hydrogens is 248 g/mol. The van der Waals surface area contributed by atoms with Gasteiger partial charge in [0.25, 0.3) is 0 Å². The average molecular weight is 266 g/mol. The Kier molecular flexibility index (Phi) is 4.21. The van der Waals surface area contributed by atoms with E-state index < -0.39 is 6.04 Å². The second-order valence-corrected chi connectivity index (χ2v) is 4.59. The lowest BCUT2D eigenvalue weighted by molar-refractivity contribution is -0.129. The second kappa shape index (κ2) is 5.88. The van der Waals surface area contributed by atoms with Crippen molar-refractivity contribution in [2.24, 2.45) is 5.92 Å². The summed E-state index contributed by atoms with van der Waals surface area (Å²) in [6, 6.07) is 2.83. The highest BCUT2D eigenvalue weighted by Gasteiger charge is 2.34. The zero-order valence-electron chi connectivity index (χ0n) is 10.8. The Hall–Kier alpha value is -1.82. The molecule has 0 bridgehead atoms. The van der Waals surface area contributed by atoms with Crippen LogP contribution in [0.3, 0.4) is 0 Å². The fourth-order valence-electron chi connectivity index (χ4n) is 2.24. The highest BCUT2D eigenvalue weighted by molar-refractivity contribution is 5.89. The molecule has 6 nitrogen and oxygen atoms in total. The Morgan fingerprint density at radius 3 is 3.00 bits per heavy atom. The fraction of sp³-hybridized carbons (Fsp3) is 0.538. The summed E-state index contributed by atoms with van der Waals surface area (Å²) in [6.45, 7) is 2.71. The van der Waals surface area contributed by atoms with E-state index in [4.69, 9.17) is 4.42 Å². The molecule has 1 aliphatic rings. The van der Waals surface area contributed by atoms with E-state index in [9.17, 15) is 14.7 Å². The van der Waals surface area contributed by atoms with Crippen molar-refractivity contribution >= 4 is 11.8 Å². The number of carbonyl (C=O) groups excluding carboxylic acids is 2. The molecule has 2 heterocycles. The van der Waals surface area contributed by atoms with Crippen LogP contribution in [0.2, 0.25) is 0 Å². The molecule has 1 aliphatic heterocycles. The third kappa shape index (κ3) is 2.96. The summed E-state index contributed by atoms with van der Waals surface area (Å²) in [4.78, 5) is 25.3. The molecule has 0 saturated carbocycles. The van der Waals surface area contributed by atoms with Gasteiger partial charge in [-0.2, -0.15) is 0 Å². The summed E-state index contributed by atoms with van der Waals surface area (Å²) in [7, 11) is 0. The minimum Gasteiger partial charge on any atom is -0.467 e. The van der Waals surface area contributed by atoms with Gasteiger partial charge < -0.3 is 19.7 Å². The first-order chi connectivity index (χ1) is 9.15. The van der Waals surface area contributed by atoms with Crippen LogP contribution in [0, 0.1) is 5.92 Å². The summed E-state index contributed by atoms with van der Waals surface area (Å²) >= 11 is 0.